The first-order valence-corrected chi connectivity index (χ1v) is 9.00. The summed E-state index contributed by atoms with van der Waals surface area (Å²) in [5.41, 5.74) is 4.47. The van der Waals surface area contributed by atoms with Crippen LogP contribution in [0.2, 0.25) is 0 Å². The van der Waals surface area contributed by atoms with Crippen LogP contribution in [0.3, 0.4) is 0 Å². The van der Waals surface area contributed by atoms with Crippen LogP contribution in [0, 0.1) is 0 Å². The molecule has 0 aliphatic rings. The first-order chi connectivity index (χ1) is 13.0. The molecule has 0 heterocycles. The number of ether oxygens (including phenoxy) is 1. The number of phenolic OH excluding ortho intramolecular Hbond substituents is 1. The van der Waals surface area contributed by atoms with Gasteiger partial charge in [-0.2, -0.15) is 0 Å². The van der Waals surface area contributed by atoms with Gasteiger partial charge < -0.3 is 14.7 Å². The van der Waals surface area contributed by atoms with Gasteiger partial charge in [0.05, 0.1) is 0 Å². The minimum absolute atomic E-state index is 0. The maximum atomic E-state index is 9.93. The molecule has 0 bridgehead atoms. The van der Waals surface area contributed by atoms with E-state index in [2.05, 4.69) is 38.1 Å². The lowest BCUT2D eigenvalue weighted by molar-refractivity contribution is 0.446. The highest BCUT2D eigenvalue weighted by Gasteiger charge is 2.11. The fraction of sp³-hybridized carbons (Fsp3) is 0.167. The molecule has 0 unspecified atom stereocenters. The van der Waals surface area contributed by atoms with Crippen LogP contribution in [0.1, 0.15) is 18.1 Å². The monoisotopic (exact) mass is 395 g/mol. The van der Waals surface area contributed by atoms with Gasteiger partial charge in [-0.05, 0) is 74.1 Å². The second-order valence-corrected chi connectivity index (χ2v) is 6.88. The van der Waals surface area contributed by atoms with Crippen molar-refractivity contribution in [3.63, 3.8) is 0 Å². The van der Waals surface area contributed by atoms with Gasteiger partial charge in [-0.25, -0.2) is 0 Å². The van der Waals surface area contributed by atoms with Gasteiger partial charge in [0, 0.05) is 6.54 Å². The highest BCUT2D eigenvalue weighted by molar-refractivity contribution is 5.85. The van der Waals surface area contributed by atoms with Crippen molar-refractivity contribution < 1.29 is 9.84 Å². The van der Waals surface area contributed by atoms with Gasteiger partial charge in [0.1, 0.15) is 17.2 Å². The Balaban J connectivity index is 0.00000280. The number of hydrogen-bond donors (Lipinski definition) is 1. The Bertz CT molecular complexity index is 919. The van der Waals surface area contributed by atoms with Crippen molar-refractivity contribution in [3.8, 4) is 17.2 Å². The quantitative estimate of drug-likeness (QED) is 0.556. The predicted molar refractivity (Wildman–Crippen MR) is 119 cm³/mol. The number of para-hydroxylation sites is 1. The molecule has 3 aromatic rings. The molecule has 3 nitrogen and oxygen atoms in total. The van der Waals surface area contributed by atoms with Gasteiger partial charge in [0.15, 0.2) is 0 Å². The molecule has 3 aromatic carbocycles. The van der Waals surface area contributed by atoms with Crippen molar-refractivity contribution >= 4 is 18.0 Å². The van der Waals surface area contributed by atoms with E-state index in [9.17, 15) is 5.11 Å². The van der Waals surface area contributed by atoms with E-state index in [0.29, 0.717) is 0 Å². The highest BCUT2D eigenvalue weighted by Crippen LogP contribution is 2.31. The zero-order valence-electron chi connectivity index (χ0n) is 16.4. The molecule has 0 radical (unpaired) electrons. The maximum Gasteiger partial charge on any atom is 0.127 e. The summed E-state index contributed by atoms with van der Waals surface area (Å²) in [6.07, 6.45) is 0. The van der Waals surface area contributed by atoms with E-state index in [0.717, 1.165) is 34.7 Å². The van der Waals surface area contributed by atoms with E-state index in [1.165, 1.54) is 5.57 Å². The van der Waals surface area contributed by atoms with Gasteiger partial charge >= 0.3 is 0 Å². The van der Waals surface area contributed by atoms with Gasteiger partial charge in [-0.15, -0.1) is 12.4 Å². The fourth-order valence-corrected chi connectivity index (χ4v) is 3.19. The smallest absolute Gasteiger partial charge is 0.127 e. The minimum atomic E-state index is 0. The molecule has 0 fully saturated rings. The summed E-state index contributed by atoms with van der Waals surface area (Å²) < 4.78 is 5.90. The van der Waals surface area contributed by atoms with E-state index >= 15 is 0 Å². The zero-order chi connectivity index (χ0) is 19.2. The number of rotatable bonds is 6. The number of aromatic hydroxyl groups is 1. The SMILES string of the molecule is C/C(CN(C)C)=C(\c1ccc(Oc2ccccc2)cc1)c1cccc(O)c1.Cl. The van der Waals surface area contributed by atoms with Crippen molar-refractivity contribution in [3.05, 3.63) is 95.6 Å². The third kappa shape index (κ3) is 5.62. The molecular weight excluding hydrogens is 370 g/mol. The Morgan fingerprint density at radius 2 is 1.46 bits per heavy atom. The first-order valence-electron chi connectivity index (χ1n) is 9.00. The molecule has 1 N–H and O–H groups in total. The molecule has 0 atom stereocenters. The van der Waals surface area contributed by atoms with Gasteiger partial charge in [-0.1, -0.05) is 48.0 Å². The lowest BCUT2D eigenvalue weighted by Gasteiger charge is -2.17. The molecule has 0 aliphatic carbocycles. The molecule has 146 valence electrons. The first kappa shape index (κ1) is 21.5. The number of halogens is 1. The van der Waals surface area contributed by atoms with Crippen molar-refractivity contribution in [2.45, 2.75) is 6.92 Å². The summed E-state index contributed by atoms with van der Waals surface area (Å²) >= 11 is 0. The fourth-order valence-electron chi connectivity index (χ4n) is 3.19. The van der Waals surface area contributed by atoms with Crippen LogP contribution in [0.15, 0.2) is 84.4 Å². The van der Waals surface area contributed by atoms with E-state index in [1.807, 2.05) is 60.7 Å². The van der Waals surface area contributed by atoms with Crippen molar-refractivity contribution in [2.75, 3.05) is 20.6 Å². The van der Waals surface area contributed by atoms with Crippen molar-refractivity contribution in [1.82, 2.24) is 4.90 Å². The molecule has 0 saturated heterocycles. The summed E-state index contributed by atoms with van der Waals surface area (Å²) in [7, 11) is 4.11. The van der Waals surface area contributed by atoms with Crippen LogP contribution in [0.5, 0.6) is 17.2 Å². The lowest BCUT2D eigenvalue weighted by Crippen LogP contribution is -2.15. The molecule has 0 saturated carbocycles. The highest BCUT2D eigenvalue weighted by atomic mass is 35.5. The second-order valence-electron chi connectivity index (χ2n) is 6.88. The molecule has 4 heteroatoms. The van der Waals surface area contributed by atoms with Crippen LogP contribution in [0.25, 0.3) is 5.57 Å². The molecule has 0 spiro atoms. The zero-order valence-corrected chi connectivity index (χ0v) is 17.2. The minimum Gasteiger partial charge on any atom is -0.508 e. The van der Waals surface area contributed by atoms with Crippen LogP contribution in [0.4, 0.5) is 0 Å². The second kappa shape index (κ2) is 9.98. The molecule has 0 aliphatic heterocycles. The standard InChI is InChI=1S/C24H25NO2.ClH/c1-18(17-25(2)3)24(20-8-7-9-21(26)16-20)19-12-14-23(15-13-19)27-22-10-5-4-6-11-22;/h4-16,26H,17H2,1-3H3;1H/b24-18-;. The van der Waals surface area contributed by atoms with E-state index < -0.39 is 0 Å². The Labute approximate surface area is 173 Å². The number of likely N-dealkylation sites (N-methyl/N-ethyl adjacent to an activating group) is 1. The van der Waals surface area contributed by atoms with Gasteiger partial charge in [-0.3, -0.25) is 0 Å². The van der Waals surface area contributed by atoms with Crippen LogP contribution < -0.4 is 4.74 Å². The lowest BCUT2D eigenvalue weighted by atomic mass is 9.93. The normalized spacial score (nSPS) is 11.6. The largest absolute Gasteiger partial charge is 0.508 e. The van der Waals surface area contributed by atoms with Crippen LogP contribution in [-0.2, 0) is 0 Å². The molecule has 0 amide bonds. The topological polar surface area (TPSA) is 32.7 Å². The predicted octanol–water partition coefficient (Wildman–Crippen LogP) is 5.99. The Hall–Kier alpha value is -2.75. The number of phenols is 1. The summed E-state index contributed by atoms with van der Waals surface area (Å²) in [6.45, 7) is 2.97. The average Bonchev–Trinajstić information content (AvgIpc) is 2.64. The third-order valence-corrected chi connectivity index (χ3v) is 4.24. The number of nitrogens with zero attached hydrogens (tertiary/aromatic N) is 1. The summed E-state index contributed by atoms with van der Waals surface area (Å²) in [5, 5.41) is 9.93. The van der Waals surface area contributed by atoms with Crippen LogP contribution in [-0.4, -0.2) is 30.6 Å². The molecule has 3 rings (SSSR count). The summed E-state index contributed by atoms with van der Waals surface area (Å²) in [6, 6.07) is 25.3. The molecule has 0 aromatic heterocycles. The number of benzene rings is 3. The van der Waals surface area contributed by atoms with E-state index in [-0.39, 0.29) is 18.2 Å². The van der Waals surface area contributed by atoms with Gasteiger partial charge in [0.2, 0.25) is 0 Å². The Kier molecular flexibility index (Phi) is 7.68. The van der Waals surface area contributed by atoms with Gasteiger partial charge in [0.25, 0.3) is 0 Å². The van der Waals surface area contributed by atoms with Crippen LogP contribution >= 0.6 is 12.4 Å². The average molecular weight is 396 g/mol. The molecule has 28 heavy (non-hydrogen) atoms. The Morgan fingerprint density at radius 3 is 2.07 bits per heavy atom. The summed E-state index contributed by atoms with van der Waals surface area (Å²) in [4.78, 5) is 2.14. The van der Waals surface area contributed by atoms with Crippen molar-refractivity contribution in [2.24, 2.45) is 0 Å². The van der Waals surface area contributed by atoms with E-state index in [4.69, 9.17) is 4.74 Å². The maximum absolute atomic E-state index is 9.93. The number of hydrogen-bond acceptors (Lipinski definition) is 3. The Morgan fingerprint density at radius 1 is 0.821 bits per heavy atom. The van der Waals surface area contributed by atoms with E-state index in [1.54, 1.807) is 6.07 Å². The third-order valence-electron chi connectivity index (χ3n) is 4.24. The molecular formula is C24H26ClNO2. The van der Waals surface area contributed by atoms with Crippen molar-refractivity contribution in [1.29, 1.82) is 0 Å². The summed E-state index contributed by atoms with van der Waals surface area (Å²) in [5.74, 6) is 1.88.